The van der Waals surface area contributed by atoms with Gasteiger partial charge in [0.1, 0.15) is 5.76 Å². The van der Waals surface area contributed by atoms with Gasteiger partial charge < -0.3 is 4.42 Å². The van der Waals surface area contributed by atoms with E-state index in [1.54, 1.807) is 25.1 Å². The molecule has 0 saturated heterocycles. The first-order valence-electron chi connectivity index (χ1n) is 5.59. The lowest BCUT2D eigenvalue weighted by atomic mass is 10.2. The maximum absolute atomic E-state index is 11.9. The Morgan fingerprint density at radius 1 is 1.15 bits per heavy atom. The quantitative estimate of drug-likeness (QED) is 0.597. The maximum atomic E-state index is 11.9. The first-order chi connectivity index (χ1) is 9.49. The van der Waals surface area contributed by atoms with Crippen LogP contribution >= 0.6 is 34.2 Å². The van der Waals surface area contributed by atoms with Crippen molar-refractivity contribution in [1.82, 2.24) is 10.9 Å². The van der Waals surface area contributed by atoms with Crippen LogP contribution in [0.1, 0.15) is 26.5 Å². The second-order valence-electron chi connectivity index (χ2n) is 3.92. The van der Waals surface area contributed by atoms with E-state index in [9.17, 15) is 9.59 Å². The minimum absolute atomic E-state index is 0.371. The van der Waals surface area contributed by atoms with Crippen LogP contribution in [0.5, 0.6) is 0 Å². The van der Waals surface area contributed by atoms with Crippen LogP contribution in [-0.4, -0.2) is 11.8 Å². The number of aryl methyl sites for hydroxylation is 1. The molecule has 1 aromatic carbocycles. The molecule has 0 spiro atoms. The highest BCUT2D eigenvalue weighted by Gasteiger charge is 2.14. The van der Waals surface area contributed by atoms with Crippen LogP contribution in [0.25, 0.3) is 0 Å². The lowest BCUT2D eigenvalue weighted by Gasteiger charge is -2.08. The predicted octanol–water partition coefficient (Wildman–Crippen LogP) is 2.92. The van der Waals surface area contributed by atoms with Crippen molar-refractivity contribution in [3.8, 4) is 0 Å². The van der Waals surface area contributed by atoms with E-state index in [1.807, 2.05) is 22.6 Å². The Morgan fingerprint density at radius 2 is 1.80 bits per heavy atom. The first-order valence-corrected chi connectivity index (χ1v) is 7.04. The standard InChI is InChI=1S/C13H10ClIN2O3/c1-7-9(4-5-20-7)12(18)16-17-13(19)10-3-2-8(14)6-11(10)15/h2-6H,1H3,(H,16,18)(H,17,19). The fraction of sp³-hybridized carbons (Fsp3) is 0.0769. The summed E-state index contributed by atoms with van der Waals surface area (Å²) < 4.78 is 5.72. The van der Waals surface area contributed by atoms with Gasteiger partial charge >= 0.3 is 0 Å². The maximum Gasteiger partial charge on any atom is 0.273 e. The second kappa shape index (κ2) is 6.27. The normalized spacial score (nSPS) is 10.2. The third-order valence-corrected chi connectivity index (χ3v) is 3.70. The number of nitrogens with one attached hydrogen (secondary N) is 2. The number of carbonyl (C=O) groups is 2. The van der Waals surface area contributed by atoms with Gasteiger partial charge in [-0.2, -0.15) is 0 Å². The summed E-state index contributed by atoms with van der Waals surface area (Å²) in [5.74, 6) is -0.369. The zero-order valence-electron chi connectivity index (χ0n) is 10.4. The molecule has 2 rings (SSSR count). The highest BCUT2D eigenvalue weighted by molar-refractivity contribution is 14.1. The number of halogens is 2. The number of rotatable bonds is 2. The molecule has 0 saturated carbocycles. The summed E-state index contributed by atoms with van der Waals surface area (Å²) in [7, 11) is 0. The molecule has 5 nitrogen and oxygen atoms in total. The van der Waals surface area contributed by atoms with E-state index >= 15 is 0 Å². The fourth-order valence-corrected chi connectivity index (χ4v) is 2.66. The molecule has 0 aliphatic heterocycles. The van der Waals surface area contributed by atoms with Gasteiger partial charge in [0.05, 0.1) is 17.4 Å². The monoisotopic (exact) mass is 404 g/mol. The Kier molecular flexibility index (Phi) is 4.66. The van der Waals surface area contributed by atoms with Crippen molar-refractivity contribution in [2.75, 3.05) is 0 Å². The predicted molar refractivity (Wildman–Crippen MR) is 82.5 cm³/mol. The van der Waals surface area contributed by atoms with Crippen LogP contribution in [0.4, 0.5) is 0 Å². The zero-order valence-corrected chi connectivity index (χ0v) is 13.3. The third kappa shape index (κ3) is 3.31. The molecular weight excluding hydrogens is 395 g/mol. The van der Waals surface area contributed by atoms with Crippen molar-refractivity contribution < 1.29 is 14.0 Å². The Labute approximate surface area is 133 Å². The molecule has 0 fully saturated rings. The molecule has 2 amide bonds. The summed E-state index contributed by atoms with van der Waals surface area (Å²) >= 11 is 7.82. The van der Waals surface area contributed by atoms with Gasteiger partial charge in [0.15, 0.2) is 0 Å². The molecule has 2 aromatic rings. The van der Waals surface area contributed by atoms with Gasteiger partial charge in [0.2, 0.25) is 0 Å². The van der Waals surface area contributed by atoms with Gasteiger partial charge in [-0.3, -0.25) is 20.4 Å². The molecule has 7 heteroatoms. The molecule has 0 unspecified atom stereocenters. The third-order valence-electron chi connectivity index (χ3n) is 2.57. The van der Waals surface area contributed by atoms with Gasteiger partial charge in [-0.25, -0.2) is 0 Å². The summed E-state index contributed by atoms with van der Waals surface area (Å²) in [6.07, 6.45) is 1.41. The van der Waals surface area contributed by atoms with Crippen LogP contribution in [0.3, 0.4) is 0 Å². The average molecular weight is 405 g/mol. The van der Waals surface area contributed by atoms with Gasteiger partial charge in [0, 0.05) is 8.59 Å². The Morgan fingerprint density at radius 3 is 2.35 bits per heavy atom. The molecule has 2 N–H and O–H groups in total. The van der Waals surface area contributed by atoms with Gasteiger partial charge in [-0.1, -0.05) is 11.6 Å². The summed E-state index contributed by atoms with van der Waals surface area (Å²) in [4.78, 5) is 23.7. The van der Waals surface area contributed by atoms with Crippen LogP contribution in [0.15, 0.2) is 34.9 Å². The molecule has 0 aliphatic carbocycles. The van der Waals surface area contributed by atoms with Crippen molar-refractivity contribution >= 4 is 46.0 Å². The number of hydrogen-bond acceptors (Lipinski definition) is 3. The molecule has 0 bridgehead atoms. The minimum Gasteiger partial charge on any atom is -0.469 e. The van der Waals surface area contributed by atoms with Crippen molar-refractivity contribution in [3.05, 3.63) is 56.0 Å². The van der Waals surface area contributed by atoms with Gasteiger partial charge in [-0.15, -0.1) is 0 Å². The van der Waals surface area contributed by atoms with Crippen LogP contribution in [0.2, 0.25) is 5.02 Å². The van der Waals surface area contributed by atoms with Crippen LogP contribution in [0, 0.1) is 10.5 Å². The van der Waals surface area contributed by atoms with Crippen LogP contribution < -0.4 is 10.9 Å². The zero-order chi connectivity index (χ0) is 14.7. The molecule has 0 radical (unpaired) electrons. The lowest BCUT2D eigenvalue weighted by molar-refractivity contribution is 0.0845. The largest absolute Gasteiger partial charge is 0.469 e. The van der Waals surface area contributed by atoms with Crippen molar-refractivity contribution in [1.29, 1.82) is 0 Å². The van der Waals surface area contributed by atoms with Gasteiger partial charge in [0.25, 0.3) is 11.8 Å². The van der Waals surface area contributed by atoms with E-state index in [4.69, 9.17) is 16.0 Å². The summed E-state index contributed by atoms with van der Waals surface area (Å²) in [5.41, 5.74) is 5.48. The number of hydrazine groups is 1. The van der Waals surface area contributed by atoms with E-state index in [0.717, 1.165) is 0 Å². The first kappa shape index (κ1) is 14.9. The lowest BCUT2D eigenvalue weighted by Crippen LogP contribution is -2.42. The van der Waals surface area contributed by atoms with E-state index in [0.29, 0.717) is 25.5 Å². The smallest absolute Gasteiger partial charge is 0.273 e. The van der Waals surface area contributed by atoms with E-state index in [1.165, 1.54) is 12.3 Å². The molecule has 104 valence electrons. The number of benzene rings is 1. The number of hydrogen-bond donors (Lipinski definition) is 2. The molecule has 0 atom stereocenters. The minimum atomic E-state index is -0.437. The van der Waals surface area contributed by atoms with Crippen molar-refractivity contribution in [2.45, 2.75) is 6.92 Å². The highest BCUT2D eigenvalue weighted by atomic mass is 127. The van der Waals surface area contributed by atoms with E-state index < -0.39 is 11.8 Å². The molecule has 20 heavy (non-hydrogen) atoms. The average Bonchev–Trinajstić information content (AvgIpc) is 2.82. The van der Waals surface area contributed by atoms with E-state index in [-0.39, 0.29) is 0 Å². The van der Waals surface area contributed by atoms with Crippen LogP contribution in [-0.2, 0) is 0 Å². The second-order valence-corrected chi connectivity index (χ2v) is 5.52. The number of amides is 2. The van der Waals surface area contributed by atoms with Gasteiger partial charge in [-0.05, 0) is 53.8 Å². The molecule has 0 aliphatic rings. The number of furan rings is 1. The topological polar surface area (TPSA) is 71.3 Å². The van der Waals surface area contributed by atoms with Crippen molar-refractivity contribution in [2.24, 2.45) is 0 Å². The molecule has 1 heterocycles. The van der Waals surface area contributed by atoms with E-state index in [2.05, 4.69) is 10.9 Å². The van der Waals surface area contributed by atoms with Crippen molar-refractivity contribution in [3.63, 3.8) is 0 Å². The molecule has 1 aromatic heterocycles. The summed E-state index contributed by atoms with van der Waals surface area (Å²) in [6.45, 7) is 1.67. The fourth-order valence-electron chi connectivity index (χ4n) is 1.54. The Bertz CT molecular complexity index is 669. The highest BCUT2D eigenvalue weighted by Crippen LogP contribution is 2.17. The summed E-state index contributed by atoms with van der Waals surface area (Å²) in [6, 6.07) is 6.40. The SMILES string of the molecule is Cc1occc1C(=O)NNC(=O)c1ccc(Cl)cc1I. The Balaban J connectivity index is 2.02. The Hall–Kier alpha value is -1.54. The number of carbonyl (C=O) groups excluding carboxylic acids is 2. The summed E-state index contributed by atoms with van der Waals surface area (Å²) in [5, 5.41) is 0.545. The molecular formula is C13H10ClIN2O3.